The zero-order valence-electron chi connectivity index (χ0n) is 11.5. The first-order chi connectivity index (χ1) is 9.70. The van der Waals surface area contributed by atoms with Crippen molar-refractivity contribution in [2.75, 3.05) is 0 Å². The molecule has 98 valence electrons. The average molecular weight is 278 g/mol. The lowest BCUT2D eigenvalue weighted by molar-refractivity contribution is 0.104. The molecular formula is C18H14OS. The zero-order chi connectivity index (χ0) is 13.9. The van der Waals surface area contributed by atoms with E-state index in [-0.39, 0.29) is 5.78 Å². The maximum Gasteiger partial charge on any atom is 0.196 e. The number of carbonyl (C=O) groups is 1. The molecule has 0 fully saturated rings. The van der Waals surface area contributed by atoms with E-state index in [1.54, 1.807) is 11.3 Å². The molecule has 20 heavy (non-hydrogen) atoms. The van der Waals surface area contributed by atoms with Gasteiger partial charge >= 0.3 is 0 Å². The summed E-state index contributed by atoms with van der Waals surface area (Å²) in [5.74, 6) is 0.212. The van der Waals surface area contributed by atoms with Crippen molar-refractivity contribution in [3.05, 3.63) is 58.7 Å². The summed E-state index contributed by atoms with van der Waals surface area (Å²) < 4.78 is 1.21. The minimum absolute atomic E-state index is 0.212. The standard InChI is InChI=1S/C18H14OS/c1-3-11-5-4-6-12-15(11)17(19)16-13-9-10(2)7-8-14(13)20-18(12)16/h4-9H,3H2,1-2H3. The van der Waals surface area contributed by atoms with E-state index in [9.17, 15) is 4.79 Å². The second-order valence-corrected chi connectivity index (χ2v) is 6.38. The minimum Gasteiger partial charge on any atom is -0.288 e. The Balaban J connectivity index is 2.11. The van der Waals surface area contributed by atoms with Crippen LogP contribution in [0.4, 0.5) is 0 Å². The first kappa shape index (κ1) is 11.9. The number of hydrogen-bond donors (Lipinski definition) is 0. The van der Waals surface area contributed by atoms with Gasteiger partial charge in [0.05, 0.1) is 0 Å². The Labute approximate surface area is 121 Å². The van der Waals surface area contributed by atoms with Gasteiger partial charge < -0.3 is 0 Å². The van der Waals surface area contributed by atoms with Gasteiger partial charge in [-0.15, -0.1) is 11.3 Å². The first-order valence-electron chi connectivity index (χ1n) is 6.91. The summed E-state index contributed by atoms with van der Waals surface area (Å²) in [4.78, 5) is 14.0. The summed E-state index contributed by atoms with van der Waals surface area (Å²) in [7, 11) is 0. The predicted octanol–water partition coefficient (Wildman–Crippen LogP) is 4.98. The van der Waals surface area contributed by atoms with Crippen LogP contribution in [0.2, 0.25) is 0 Å². The molecule has 1 aliphatic rings. The largest absolute Gasteiger partial charge is 0.288 e. The summed E-state index contributed by atoms with van der Waals surface area (Å²) in [6, 6.07) is 12.6. The fraction of sp³-hybridized carbons (Fsp3) is 0.167. The third-order valence-electron chi connectivity index (χ3n) is 4.07. The van der Waals surface area contributed by atoms with Gasteiger partial charge in [-0.3, -0.25) is 4.79 Å². The molecule has 0 saturated carbocycles. The van der Waals surface area contributed by atoms with Gasteiger partial charge in [0.25, 0.3) is 0 Å². The summed E-state index contributed by atoms with van der Waals surface area (Å²) in [6.45, 7) is 4.19. The van der Waals surface area contributed by atoms with Gasteiger partial charge in [0.15, 0.2) is 5.78 Å². The molecule has 4 rings (SSSR count). The Morgan fingerprint density at radius 2 is 1.95 bits per heavy atom. The number of fused-ring (bicyclic) bond motifs is 5. The molecule has 0 amide bonds. The Bertz CT molecular complexity index is 871. The van der Waals surface area contributed by atoms with E-state index in [2.05, 4.69) is 50.2 Å². The van der Waals surface area contributed by atoms with Crippen molar-refractivity contribution in [3.63, 3.8) is 0 Å². The summed E-state index contributed by atoms with van der Waals surface area (Å²) in [5, 5.41) is 1.12. The lowest BCUT2D eigenvalue weighted by atomic mass is 9.99. The van der Waals surface area contributed by atoms with E-state index >= 15 is 0 Å². The monoisotopic (exact) mass is 278 g/mol. The molecule has 1 heterocycles. The van der Waals surface area contributed by atoms with Crippen molar-refractivity contribution in [1.82, 2.24) is 0 Å². The molecule has 0 radical (unpaired) electrons. The highest BCUT2D eigenvalue weighted by atomic mass is 32.1. The highest BCUT2D eigenvalue weighted by molar-refractivity contribution is 7.23. The zero-order valence-corrected chi connectivity index (χ0v) is 12.3. The first-order valence-corrected chi connectivity index (χ1v) is 7.72. The van der Waals surface area contributed by atoms with Crippen LogP contribution in [0, 0.1) is 6.92 Å². The van der Waals surface area contributed by atoms with Crippen molar-refractivity contribution in [2.45, 2.75) is 20.3 Å². The van der Waals surface area contributed by atoms with Gasteiger partial charge in [-0.1, -0.05) is 36.8 Å². The van der Waals surface area contributed by atoms with E-state index in [1.807, 2.05) is 0 Å². The number of rotatable bonds is 1. The SMILES string of the molecule is CCc1cccc2c1C(=O)c1c-2sc2ccc(C)cc12. The molecule has 0 aliphatic heterocycles. The lowest BCUT2D eigenvalue weighted by Gasteiger charge is -2.05. The molecule has 3 aromatic rings. The summed E-state index contributed by atoms with van der Waals surface area (Å²) in [6.07, 6.45) is 0.904. The van der Waals surface area contributed by atoms with Crippen molar-refractivity contribution in [2.24, 2.45) is 0 Å². The van der Waals surface area contributed by atoms with Crippen molar-refractivity contribution in [1.29, 1.82) is 0 Å². The Kier molecular flexibility index (Phi) is 2.39. The van der Waals surface area contributed by atoms with Gasteiger partial charge in [-0.25, -0.2) is 0 Å². The van der Waals surface area contributed by atoms with Crippen LogP contribution in [-0.2, 0) is 6.42 Å². The van der Waals surface area contributed by atoms with Crippen LogP contribution >= 0.6 is 11.3 Å². The highest BCUT2D eigenvalue weighted by Gasteiger charge is 2.32. The molecule has 1 nitrogen and oxygen atoms in total. The maximum atomic E-state index is 12.9. The van der Waals surface area contributed by atoms with Crippen LogP contribution in [0.25, 0.3) is 20.5 Å². The molecule has 0 N–H and O–H groups in total. The predicted molar refractivity (Wildman–Crippen MR) is 84.8 cm³/mol. The van der Waals surface area contributed by atoms with Gasteiger partial charge in [0.1, 0.15) is 0 Å². The van der Waals surface area contributed by atoms with Gasteiger partial charge in [-0.05, 0) is 31.0 Å². The van der Waals surface area contributed by atoms with Gasteiger partial charge in [0.2, 0.25) is 0 Å². The number of hydrogen-bond acceptors (Lipinski definition) is 2. The summed E-state index contributed by atoms with van der Waals surface area (Å²) in [5.41, 5.74) is 5.35. The number of thiophene rings is 1. The molecule has 2 heteroatoms. The summed E-state index contributed by atoms with van der Waals surface area (Å²) >= 11 is 1.74. The van der Waals surface area contributed by atoms with Gasteiger partial charge in [0, 0.05) is 31.7 Å². The van der Waals surface area contributed by atoms with Crippen LogP contribution < -0.4 is 0 Å². The molecule has 0 unspecified atom stereocenters. The van der Waals surface area contributed by atoms with Crippen LogP contribution in [-0.4, -0.2) is 5.78 Å². The van der Waals surface area contributed by atoms with E-state index in [0.29, 0.717) is 0 Å². The van der Waals surface area contributed by atoms with Crippen molar-refractivity contribution >= 4 is 27.2 Å². The quantitative estimate of drug-likeness (QED) is 0.479. The van der Waals surface area contributed by atoms with Crippen LogP contribution in [0.5, 0.6) is 0 Å². The highest BCUT2D eigenvalue weighted by Crippen LogP contribution is 2.47. The van der Waals surface area contributed by atoms with Crippen LogP contribution in [0.3, 0.4) is 0 Å². The number of carbonyl (C=O) groups excluding carboxylic acids is 1. The molecule has 2 aromatic carbocycles. The van der Waals surface area contributed by atoms with Crippen molar-refractivity contribution in [3.8, 4) is 10.4 Å². The Morgan fingerprint density at radius 3 is 2.75 bits per heavy atom. The third kappa shape index (κ3) is 1.40. The average Bonchev–Trinajstić information content (AvgIpc) is 2.96. The number of ketones is 1. The second-order valence-electron chi connectivity index (χ2n) is 5.33. The van der Waals surface area contributed by atoms with Gasteiger partial charge in [-0.2, -0.15) is 0 Å². The maximum absolute atomic E-state index is 12.9. The van der Waals surface area contributed by atoms with E-state index in [4.69, 9.17) is 0 Å². The van der Waals surface area contributed by atoms with E-state index in [0.717, 1.165) is 38.9 Å². The molecule has 0 spiro atoms. The normalized spacial score (nSPS) is 12.8. The molecule has 0 saturated heterocycles. The second kappa shape index (κ2) is 4.03. The van der Waals surface area contributed by atoms with Crippen LogP contribution in [0.1, 0.15) is 34.0 Å². The third-order valence-corrected chi connectivity index (χ3v) is 5.28. The molecule has 0 atom stereocenters. The minimum atomic E-state index is 0.212. The molecular weight excluding hydrogens is 264 g/mol. The molecule has 1 aliphatic carbocycles. The van der Waals surface area contributed by atoms with Crippen molar-refractivity contribution < 1.29 is 4.79 Å². The van der Waals surface area contributed by atoms with E-state index in [1.165, 1.54) is 10.3 Å². The lowest BCUT2D eigenvalue weighted by Crippen LogP contribution is -2.00. The molecule has 0 bridgehead atoms. The topological polar surface area (TPSA) is 17.1 Å². The number of aryl methyl sites for hydroxylation is 2. The smallest absolute Gasteiger partial charge is 0.196 e. The van der Waals surface area contributed by atoms with Crippen LogP contribution in [0.15, 0.2) is 36.4 Å². The molecule has 1 aromatic heterocycles. The Hall–Kier alpha value is -1.93. The fourth-order valence-electron chi connectivity index (χ4n) is 3.10. The number of benzene rings is 2. The van der Waals surface area contributed by atoms with E-state index < -0.39 is 0 Å². The Morgan fingerprint density at radius 1 is 1.10 bits per heavy atom. The fourth-order valence-corrected chi connectivity index (χ4v) is 4.32.